The quantitative estimate of drug-likeness (QED) is 0.794. The lowest BCUT2D eigenvalue weighted by Gasteiger charge is -2.33. The molecule has 0 spiro atoms. The van der Waals surface area contributed by atoms with Crippen LogP contribution in [0.2, 0.25) is 5.02 Å². The Balaban J connectivity index is 1.54. The monoisotopic (exact) mass is 388 g/mol. The van der Waals surface area contributed by atoms with Crippen LogP contribution in [0, 0.1) is 11.7 Å². The molecule has 0 N–H and O–H groups in total. The Hall–Kier alpha value is -2.40. The fourth-order valence-electron chi connectivity index (χ4n) is 3.40. The van der Waals surface area contributed by atoms with Crippen LogP contribution in [0.15, 0.2) is 48.5 Å². The van der Waals surface area contributed by atoms with Crippen molar-refractivity contribution in [2.75, 3.05) is 20.1 Å². The molecule has 1 saturated heterocycles. The van der Waals surface area contributed by atoms with E-state index in [2.05, 4.69) is 0 Å². The zero-order valence-electron chi connectivity index (χ0n) is 15.2. The summed E-state index contributed by atoms with van der Waals surface area (Å²) in [5, 5.41) is 0.654. The van der Waals surface area contributed by atoms with Gasteiger partial charge in [0.25, 0.3) is 5.91 Å². The topological polar surface area (TPSA) is 40.6 Å². The highest BCUT2D eigenvalue weighted by molar-refractivity contribution is 6.30. The molecular formula is C21H22ClFN2O2. The van der Waals surface area contributed by atoms with E-state index >= 15 is 0 Å². The maximum atomic E-state index is 13.0. The normalized spacial score (nSPS) is 14.9. The summed E-state index contributed by atoms with van der Waals surface area (Å²) in [5.74, 6) is -0.484. The minimum absolute atomic E-state index is 0.0869. The van der Waals surface area contributed by atoms with Crippen LogP contribution in [-0.2, 0) is 11.3 Å². The molecule has 6 heteroatoms. The average Bonchev–Trinajstić information content (AvgIpc) is 2.67. The summed E-state index contributed by atoms with van der Waals surface area (Å²) in [6, 6.07) is 13.0. The van der Waals surface area contributed by atoms with E-state index in [0.29, 0.717) is 43.1 Å². The molecule has 0 unspecified atom stereocenters. The maximum absolute atomic E-state index is 13.0. The number of carbonyl (C=O) groups excluding carboxylic acids is 2. The standard InChI is InChI=1S/C21H22ClFN2O2/c1-24(14-15-3-2-4-18(22)13-15)20(26)17-9-11-25(12-10-17)21(27)16-5-7-19(23)8-6-16/h2-8,13,17H,9-12,14H2,1H3. The zero-order chi connectivity index (χ0) is 19.4. The number of rotatable bonds is 4. The van der Waals surface area contributed by atoms with Crippen molar-refractivity contribution in [1.29, 1.82) is 0 Å². The predicted molar refractivity (Wildman–Crippen MR) is 103 cm³/mol. The number of likely N-dealkylation sites (tertiary alicyclic amines) is 1. The molecule has 4 nitrogen and oxygen atoms in total. The molecule has 0 aromatic heterocycles. The first-order valence-electron chi connectivity index (χ1n) is 8.98. The molecule has 1 heterocycles. The summed E-state index contributed by atoms with van der Waals surface area (Å²) in [6.07, 6.45) is 1.26. The summed E-state index contributed by atoms with van der Waals surface area (Å²) in [6.45, 7) is 1.56. The van der Waals surface area contributed by atoms with E-state index in [0.717, 1.165) is 5.56 Å². The van der Waals surface area contributed by atoms with Crippen molar-refractivity contribution in [3.63, 3.8) is 0 Å². The molecule has 0 radical (unpaired) electrons. The van der Waals surface area contributed by atoms with Crippen molar-refractivity contribution in [3.8, 4) is 0 Å². The van der Waals surface area contributed by atoms with Gasteiger partial charge in [-0.15, -0.1) is 0 Å². The Bertz CT molecular complexity index is 817. The number of benzene rings is 2. The van der Waals surface area contributed by atoms with E-state index in [1.807, 2.05) is 18.2 Å². The number of hydrogen-bond donors (Lipinski definition) is 0. The number of amides is 2. The summed E-state index contributed by atoms with van der Waals surface area (Å²) in [5.41, 5.74) is 1.46. The number of piperidine rings is 1. The lowest BCUT2D eigenvalue weighted by Crippen LogP contribution is -2.43. The van der Waals surface area contributed by atoms with Gasteiger partial charge >= 0.3 is 0 Å². The van der Waals surface area contributed by atoms with Gasteiger partial charge in [0.2, 0.25) is 5.91 Å². The smallest absolute Gasteiger partial charge is 0.253 e. The lowest BCUT2D eigenvalue weighted by molar-refractivity contribution is -0.136. The zero-order valence-corrected chi connectivity index (χ0v) is 16.0. The van der Waals surface area contributed by atoms with Crippen LogP contribution in [0.3, 0.4) is 0 Å². The van der Waals surface area contributed by atoms with Gasteiger partial charge in [0, 0.05) is 43.2 Å². The molecule has 1 fully saturated rings. The van der Waals surface area contributed by atoms with E-state index in [1.54, 1.807) is 22.9 Å². The van der Waals surface area contributed by atoms with Gasteiger partial charge in [0.1, 0.15) is 5.82 Å². The number of carbonyl (C=O) groups is 2. The molecule has 2 aromatic carbocycles. The fraction of sp³-hybridized carbons (Fsp3) is 0.333. The number of halogens is 2. The molecule has 3 rings (SSSR count). The lowest BCUT2D eigenvalue weighted by atomic mass is 9.94. The van der Waals surface area contributed by atoms with Gasteiger partial charge in [-0.1, -0.05) is 23.7 Å². The van der Waals surface area contributed by atoms with Gasteiger partial charge in [-0.2, -0.15) is 0 Å². The molecule has 0 saturated carbocycles. The SMILES string of the molecule is CN(Cc1cccc(Cl)c1)C(=O)C1CCN(C(=O)c2ccc(F)cc2)CC1. The second-order valence-electron chi connectivity index (χ2n) is 6.90. The van der Waals surface area contributed by atoms with Crippen molar-refractivity contribution >= 4 is 23.4 Å². The van der Waals surface area contributed by atoms with Crippen molar-refractivity contribution in [3.05, 3.63) is 70.5 Å². The van der Waals surface area contributed by atoms with Gasteiger partial charge in [-0.25, -0.2) is 4.39 Å². The van der Waals surface area contributed by atoms with Crippen molar-refractivity contribution in [2.24, 2.45) is 5.92 Å². The van der Waals surface area contributed by atoms with Crippen LogP contribution < -0.4 is 0 Å². The van der Waals surface area contributed by atoms with Crippen molar-refractivity contribution in [2.45, 2.75) is 19.4 Å². The Morgan fingerprint density at radius 1 is 1.15 bits per heavy atom. The van der Waals surface area contributed by atoms with E-state index in [9.17, 15) is 14.0 Å². The highest BCUT2D eigenvalue weighted by atomic mass is 35.5. The molecule has 0 atom stereocenters. The first kappa shape index (κ1) is 19.4. The Morgan fingerprint density at radius 3 is 2.44 bits per heavy atom. The van der Waals surface area contributed by atoms with E-state index in [1.165, 1.54) is 24.3 Å². The van der Waals surface area contributed by atoms with Crippen LogP contribution in [0.25, 0.3) is 0 Å². The van der Waals surface area contributed by atoms with Crippen LogP contribution in [0.1, 0.15) is 28.8 Å². The van der Waals surface area contributed by atoms with Gasteiger partial charge < -0.3 is 9.80 Å². The van der Waals surface area contributed by atoms with Crippen LogP contribution in [-0.4, -0.2) is 41.8 Å². The molecule has 142 valence electrons. The minimum atomic E-state index is -0.362. The Labute approximate surface area is 163 Å². The third-order valence-corrected chi connectivity index (χ3v) is 5.14. The van der Waals surface area contributed by atoms with Gasteiger partial charge in [-0.05, 0) is 54.8 Å². The molecule has 1 aliphatic heterocycles. The molecule has 2 aromatic rings. The van der Waals surface area contributed by atoms with E-state index in [-0.39, 0.29) is 23.5 Å². The summed E-state index contributed by atoms with van der Waals surface area (Å²) in [4.78, 5) is 28.7. The highest BCUT2D eigenvalue weighted by Crippen LogP contribution is 2.22. The van der Waals surface area contributed by atoms with Crippen LogP contribution in [0.5, 0.6) is 0 Å². The second kappa shape index (κ2) is 8.53. The molecule has 1 aliphatic rings. The van der Waals surface area contributed by atoms with E-state index in [4.69, 9.17) is 11.6 Å². The van der Waals surface area contributed by atoms with Gasteiger partial charge in [0.05, 0.1) is 0 Å². The summed E-state index contributed by atoms with van der Waals surface area (Å²) >= 11 is 6.00. The average molecular weight is 389 g/mol. The van der Waals surface area contributed by atoms with Crippen molar-refractivity contribution in [1.82, 2.24) is 9.80 Å². The third-order valence-electron chi connectivity index (χ3n) is 4.91. The summed E-state index contributed by atoms with van der Waals surface area (Å²) < 4.78 is 13.0. The Kier molecular flexibility index (Phi) is 6.11. The van der Waals surface area contributed by atoms with Crippen LogP contribution in [0.4, 0.5) is 4.39 Å². The molecular weight excluding hydrogens is 367 g/mol. The molecule has 27 heavy (non-hydrogen) atoms. The third kappa shape index (κ3) is 4.86. The largest absolute Gasteiger partial charge is 0.341 e. The van der Waals surface area contributed by atoms with Gasteiger partial charge in [0.15, 0.2) is 0 Å². The fourth-order valence-corrected chi connectivity index (χ4v) is 3.62. The Morgan fingerprint density at radius 2 is 1.81 bits per heavy atom. The number of hydrogen-bond acceptors (Lipinski definition) is 2. The highest BCUT2D eigenvalue weighted by Gasteiger charge is 2.29. The van der Waals surface area contributed by atoms with Crippen LogP contribution >= 0.6 is 11.6 Å². The van der Waals surface area contributed by atoms with Gasteiger partial charge in [-0.3, -0.25) is 9.59 Å². The second-order valence-corrected chi connectivity index (χ2v) is 7.33. The van der Waals surface area contributed by atoms with Crippen molar-refractivity contribution < 1.29 is 14.0 Å². The summed E-state index contributed by atoms with van der Waals surface area (Å²) in [7, 11) is 1.79. The predicted octanol–water partition coefficient (Wildman–Crippen LogP) is 3.99. The first-order valence-corrected chi connectivity index (χ1v) is 9.36. The molecule has 0 aliphatic carbocycles. The minimum Gasteiger partial charge on any atom is -0.341 e. The maximum Gasteiger partial charge on any atom is 0.253 e. The molecule has 2 amide bonds. The molecule has 0 bridgehead atoms. The van der Waals surface area contributed by atoms with E-state index < -0.39 is 0 Å². The number of nitrogens with zero attached hydrogens (tertiary/aromatic N) is 2. The first-order chi connectivity index (χ1) is 12.9.